The molecule has 5 heterocycles. The summed E-state index contributed by atoms with van der Waals surface area (Å²) in [6.07, 6.45) is -4.20. The van der Waals surface area contributed by atoms with Crippen LogP contribution in [0.1, 0.15) is 59.3 Å². The molecule has 1 aliphatic carbocycles. The molecule has 80 heavy (non-hydrogen) atoms. The third kappa shape index (κ3) is 20.4. The van der Waals surface area contributed by atoms with Crippen molar-refractivity contribution in [1.82, 2.24) is 29.1 Å². The second-order valence-corrected chi connectivity index (χ2v) is 20.4. The number of alkyl halides is 3. The Kier molecular flexibility index (Phi) is 24.3. The van der Waals surface area contributed by atoms with Gasteiger partial charge < -0.3 is 64.5 Å². The maximum absolute atomic E-state index is 13.6. The highest BCUT2D eigenvalue weighted by molar-refractivity contribution is 8.00. The molecule has 4 unspecified atom stereocenters. The number of anilines is 3. The summed E-state index contributed by atoms with van der Waals surface area (Å²) in [5.74, 6) is 1.59. The maximum atomic E-state index is 13.6. The highest BCUT2D eigenvalue weighted by atomic mass is 35.5. The average molecular weight is 1200 g/mol. The van der Waals surface area contributed by atoms with Gasteiger partial charge >= 0.3 is 49.8 Å². The van der Waals surface area contributed by atoms with Crippen molar-refractivity contribution in [3.05, 3.63) is 76.1 Å². The van der Waals surface area contributed by atoms with Gasteiger partial charge in [0.1, 0.15) is 29.9 Å². The molecule has 2 aliphatic heterocycles. The molecule has 4 atom stereocenters. The number of aliphatic hydroxyl groups excluding tert-OH is 1. The molecular formula is C45H53ClF4N9O19PS. The quantitative estimate of drug-likeness (QED) is 0.0127. The molecule has 1 amide bonds. The Hall–Kier alpha value is -7.31. The van der Waals surface area contributed by atoms with Crippen LogP contribution < -0.4 is 22.5 Å². The van der Waals surface area contributed by atoms with Crippen LogP contribution in [0.4, 0.5) is 49.3 Å². The van der Waals surface area contributed by atoms with Crippen molar-refractivity contribution in [3.8, 4) is 11.8 Å². The molecule has 438 valence electrons. The fourth-order valence-corrected chi connectivity index (χ4v) is 8.19. The predicted octanol–water partition coefficient (Wildman–Crippen LogP) is 6.37. The number of ether oxygens (including phenoxy) is 7. The zero-order valence-electron chi connectivity index (χ0n) is 42.7. The van der Waals surface area contributed by atoms with Gasteiger partial charge in [-0.3, -0.25) is 23.5 Å². The maximum Gasteiger partial charge on any atom is 0.510 e. The van der Waals surface area contributed by atoms with E-state index in [9.17, 15) is 50.9 Å². The number of imidazole rings is 1. The van der Waals surface area contributed by atoms with Gasteiger partial charge in [-0.2, -0.15) is 18.2 Å². The summed E-state index contributed by atoms with van der Waals surface area (Å²) in [4.78, 5) is 80.6. The number of thioether (sulfide) groups is 1. The van der Waals surface area contributed by atoms with Crippen LogP contribution in [0.15, 0.2) is 54.0 Å². The standard InChI is InChI=1S/C19H30N5O10P.C14H9ClF3NO2.C8H10FN3O3S.C4H4O4/c1-12(2)33-18(25)28-9-31-35(27,32-10-29-19(26)34-13(3)4)11-30-14(5)6-24-8-23-15-16(20)21-7-22-17(15)24;15-9-3-4-11-10(7-9)13(14(16,17)18,21-12(20)19-11)6-5-8-1-2-8;9-4-1-12(8(14)11-7(4)10)5-3-16-6(2-13)15-5;5-3(6)1-2-4(7)8/h7-8,12-14H,6,9-11H2,1-5H3,(H2,20,21,22);3-4,7-8H,1-2H2,(H,19,20);1,5-6,13H,2-3H2,(H2,10,11,14);1-2H,(H,5,6)(H,7,8). The second kappa shape index (κ2) is 29.8. The lowest BCUT2D eigenvalue weighted by Gasteiger charge is -2.35. The van der Waals surface area contributed by atoms with Crippen molar-refractivity contribution in [2.75, 3.05) is 49.1 Å². The number of aliphatic hydroxyl groups is 1. The van der Waals surface area contributed by atoms with Crippen molar-refractivity contribution in [2.45, 2.75) is 95.8 Å². The fraction of sp³-hybridized carbons (Fsp3) is 0.467. The Labute approximate surface area is 459 Å². The highest BCUT2D eigenvalue weighted by Crippen LogP contribution is 2.49. The van der Waals surface area contributed by atoms with E-state index < -0.39 is 117 Å². The zero-order chi connectivity index (χ0) is 59.5. The summed E-state index contributed by atoms with van der Waals surface area (Å²) in [5.41, 5.74) is 7.55. The lowest BCUT2D eigenvalue weighted by atomic mass is 9.90. The number of cyclic esters (lactones) is 1. The molecule has 8 N–H and O–H groups in total. The van der Waals surface area contributed by atoms with Crippen LogP contribution in [-0.2, 0) is 68.5 Å². The van der Waals surface area contributed by atoms with Gasteiger partial charge in [0.25, 0.3) is 5.60 Å². The number of nitrogens with zero attached hydrogens (tertiary/aromatic N) is 6. The Bertz CT molecular complexity index is 2980. The van der Waals surface area contributed by atoms with Gasteiger partial charge in [-0.1, -0.05) is 17.5 Å². The summed E-state index contributed by atoms with van der Waals surface area (Å²) in [6, 6.07) is 3.81. The first-order valence-electron chi connectivity index (χ1n) is 23.1. The molecule has 35 heteroatoms. The normalized spacial score (nSPS) is 17.8. The van der Waals surface area contributed by atoms with Gasteiger partial charge in [0.05, 0.1) is 49.7 Å². The first-order chi connectivity index (χ1) is 37.5. The lowest BCUT2D eigenvalue weighted by molar-refractivity contribution is -0.239. The number of nitrogen functional groups attached to an aromatic ring is 2. The second-order valence-electron chi connectivity index (χ2n) is 16.8. The van der Waals surface area contributed by atoms with E-state index in [4.69, 9.17) is 75.9 Å². The van der Waals surface area contributed by atoms with Crippen molar-refractivity contribution in [2.24, 2.45) is 5.92 Å². The molecule has 28 nitrogen and oxygen atoms in total. The largest absolute Gasteiger partial charge is 0.510 e. The van der Waals surface area contributed by atoms with Crippen molar-refractivity contribution in [1.29, 1.82) is 0 Å². The smallest absolute Gasteiger partial charge is 0.478 e. The zero-order valence-corrected chi connectivity index (χ0v) is 45.2. The molecule has 0 bridgehead atoms. The predicted molar refractivity (Wildman–Crippen MR) is 271 cm³/mol. The van der Waals surface area contributed by atoms with E-state index in [-0.39, 0.29) is 41.2 Å². The first-order valence-corrected chi connectivity index (χ1v) is 26.2. The summed E-state index contributed by atoms with van der Waals surface area (Å²) in [7, 11) is -4.06. The number of amides is 1. The number of benzene rings is 1. The number of hydrogen-bond acceptors (Lipinski definition) is 24. The third-order valence-electron chi connectivity index (χ3n) is 9.68. The molecule has 0 spiro atoms. The molecule has 4 aromatic rings. The number of carbonyl (C=O) groups excluding carboxylic acids is 3. The molecule has 1 saturated heterocycles. The number of carboxylic acid groups (broad SMARTS) is 2. The van der Waals surface area contributed by atoms with Gasteiger partial charge in [-0.25, -0.2) is 48.1 Å². The molecule has 1 saturated carbocycles. The topological polar surface area (TPSA) is 389 Å². The summed E-state index contributed by atoms with van der Waals surface area (Å²) in [5, 5.41) is 26.8. The third-order valence-corrected chi connectivity index (χ3v) is 12.5. The van der Waals surface area contributed by atoms with E-state index in [0.29, 0.717) is 29.1 Å². The Morgan fingerprint density at radius 3 is 2.14 bits per heavy atom. The number of rotatable bonds is 17. The van der Waals surface area contributed by atoms with Crippen LogP contribution >= 0.6 is 31.0 Å². The van der Waals surface area contributed by atoms with Gasteiger partial charge in [-0.05, 0) is 71.6 Å². The molecule has 3 aromatic heterocycles. The number of nitrogens with two attached hydrogens (primary N) is 2. The molecule has 2 fully saturated rings. The molecular weight excluding hydrogens is 1150 g/mol. The van der Waals surface area contributed by atoms with Crippen LogP contribution in [0.25, 0.3) is 11.2 Å². The summed E-state index contributed by atoms with van der Waals surface area (Å²) < 4.78 is 115. The number of hydrogen-bond donors (Lipinski definition) is 6. The molecule has 1 aromatic carbocycles. The number of aliphatic carboxylic acids is 2. The molecule has 3 aliphatic rings. The van der Waals surface area contributed by atoms with Crippen LogP contribution in [-0.4, -0.2) is 137 Å². The Morgan fingerprint density at radius 2 is 1.60 bits per heavy atom. The lowest BCUT2D eigenvalue weighted by Crippen LogP contribution is -2.49. The minimum Gasteiger partial charge on any atom is -0.478 e. The number of carbonyl (C=O) groups is 5. The summed E-state index contributed by atoms with van der Waals surface area (Å²) >= 11 is 7.13. The van der Waals surface area contributed by atoms with E-state index in [1.807, 2.05) is 0 Å². The van der Waals surface area contributed by atoms with Gasteiger partial charge in [0.2, 0.25) is 13.6 Å². The van der Waals surface area contributed by atoms with Crippen LogP contribution in [0.5, 0.6) is 0 Å². The van der Waals surface area contributed by atoms with Gasteiger partial charge in [-0.15, -0.1) is 11.8 Å². The molecule has 0 radical (unpaired) electrons. The van der Waals surface area contributed by atoms with E-state index in [0.717, 1.165) is 29.7 Å². The monoisotopic (exact) mass is 1200 g/mol. The van der Waals surface area contributed by atoms with Crippen LogP contribution in [0.2, 0.25) is 5.02 Å². The van der Waals surface area contributed by atoms with E-state index in [1.165, 1.54) is 36.5 Å². The Balaban J connectivity index is 0.000000258. The fourth-order valence-electron chi connectivity index (χ4n) is 6.00. The summed E-state index contributed by atoms with van der Waals surface area (Å²) in [6.45, 7) is 6.83. The van der Waals surface area contributed by atoms with Crippen molar-refractivity contribution in [3.63, 3.8) is 0 Å². The minimum atomic E-state index is -4.87. The van der Waals surface area contributed by atoms with Crippen LogP contribution in [0, 0.1) is 23.6 Å². The minimum absolute atomic E-state index is 0.00179. The number of aromatic nitrogens is 6. The van der Waals surface area contributed by atoms with Gasteiger partial charge in [0.15, 0.2) is 23.1 Å². The molecule has 7 rings (SSSR count). The highest BCUT2D eigenvalue weighted by Gasteiger charge is 2.62. The van der Waals surface area contributed by atoms with E-state index in [1.54, 1.807) is 39.2 Å². The number of halogens is 5. The van der Waals surface area contributed by atoms with Crippen molar-refractivity contribution >= 4 is 89.8 Å². The van der Waals surface area contributed by atoms with Gasteiger partial charge in [0, 0.05) is 34.4 Å². The van der Waals surface area contributed by atoms with E-state index in [2.05, 4.69) is 41.8 Å². The van der Waals surface area contributed by atoms with Crippen LogP contribution in [0.3, 0.4) is 0 Å². The number of carboxylic acids is 2. The van der Waals surface area contributed by atoms with Crippen molar-refractivity contribution < 1.29 is 104 Å². The average Bonchev–Trinajstić information content (AvgIpc) is 4.07. The Morgan fingerprint density at radius 1 is 0.988 bits per heavy atom. The first kappa shape index (κ1) is 65.2. The van der Waals surface area contributed by atoms with E-state index >= 15 is 0 Å². The number of fused-ring (bicyclic) bond motifs is 2. The number of nitrogens with one attached hydrogen (secondary N) is 1. The SMILES string of the molecule is CC(C)OC(=O)OCOP(=O)(COC(C)Cn1cnc2c(N)ncnc21)OCOC(=O)OC(C)C.Nc1nc(=O)n(C2CSC(CO)O2)cc1F.O=C(O)C=CC(=O)O.O=C1Nc2ccc(Cl)cc2C(C#CC2CC2)(C(F)(F)F)O1.